The number of hydrogen-bond donors (Lipinski definition) is 3. The molecule has 0 atom stereocenters. The molecule has 9 nitrogen and oxygen atoms in total. The van der Waals surface area contributed by atoms with Gasteiger partial charge in [0.25, 0.3) is 11.8 Å². The summed E-state index contributed by atoms with van der Waals surface area (Å²) in [5.41, 5.74) is 2.84. The number of nitrogens with one attached hydrogen (secondary N) is 3. The molecule has 32 heavy (non-hydrogen) atoms. The van der Waals surface area contributed by atoms with E-state index in [0.717, 1.165) is 5.56 Å². The number of hydrogen-bond acceptors (Lipinski definition) is 5. The lowest BCUT2D eigenvalue weighted by Crippen LogP contribution is -2.22. The molecule has 0 bridgehead atoms. The highest BCUT2D eigenvalue weighted by Crippen LogP contribution is 2.21. The Hall–Kier alpha value is -4.45. The Morgan fingerprint density at radius 2 is 1.72 bits per heavy atom. The van der Waals surface area contributed by atoms with Crippen LogP contribution >= 0.6 is 0 Å². The van der Waals surface area contributed by atoms with E-state index in [2.05, 4.69) is 21.8 Å². The molecule has 3 rings (SSSR count). The van der Waals surface area contributed by atoms with E-state index in [1.165, 1.54) is 10.9 Å². The van der Waals surface area contributed by atoms with Gasteiger partial charge in [-0.25, -0.2) is 0 Å². The van der Waals surface area contributed by atoms with Crippen molar-refractivity contribution in [3.05, 3.63) is 76.5 Å². The fourth-order valence-corrected chi connectivity index (χ4v) is 3.02. The smallest absolute Gasteiger partial charge is 0.261 e. The van der Waals surface area contributed by atoms with Gasteiger partial charge in [-0.15, -0.1) is 0 Å². The van der Waals surface area contributed by atoms with Crippen LogP contribution in [0.3, 0.4) is 0 Å². The number of aryl methyl sites for hydroxylation is 2. The van der Waals surface area contributed by atoms with Crippen molar-refractivity contribution in [3.8, 4) is 6.07 Å². The minimum Gasteiger partial charge on any atom is -0.363 e. The number of rotatable bonds is 5. The van der Waals surface area contributed by atoms with Crippen LogP contribution in [0.15, 0.2) is 48.7 Å². The zero-order chi connectivity index (χ0) is 23.4. The van der Waals surface area contributed by atoms with Crippen molar-refractivity contribution in [2.24, 2.45) is 7.05 Å². The molecule has 0 saturated carbocycles. The zero-order valence-electron chi connectivity index (χ0n) is 18.2. The number of amidine groups is 1. The van der Waals surface area contributed by atoms with Gasteiger partial charge in [0.2, 0.25) is 0 Å². The monoisotopic (exact) mass is 429 g/mol. The second kappa shape index (κ2) is 9.14. The summed E-state index contributed by atoms with van der Waals surface area (Å²) in [7, 11) is 5.16. The topological polar surface area (TPSA) is 127 Å². The van der Waals surface area contributed by atoms with Gasteiger partial charge in [-0.3, -0.25) is 19.7 Å². The number of benzene rings is 2. The molecule has 0 fully saturated rings. The van der Waals surface area contributed by atoms with Crippen LogP contribution < -0.4 is 10.6 Å². The van der Waals surface area contributed by atoms with Gasteiger partial charge in [0, 0.05) is 32.3 Å². The van der Waals surface area contributed by atoms with Gasteiger partial charge in [0.05, 0.1) is 17.4 Å². The molecular weight excluding hydrogens is 406 g/mol. The Labute approximate surface area is 185 Å². The van der Waals surface area contributed by atoms with Crippen LogP contribution in [0, 0.1) is 23.7 Å². The number of amides is 2. The molecule has 0 unspecified atom stereocenters. The second-order valence-corrected chi connectivity index (χ2v) is 7.42. The molecule has 0 radical (unpaired) electrons. The van der Waals surface area contributed by atoms with Gasteiger partial charge < -0.3 is 15.5 Å². The van der Waals surface area contributed by atoms with Gasteiger partial charge >= 0.3 is 0 Å². The van der Waals surface area contributed by atoms with Gasteiger partial charge in [-0.1, -0.05) is 18.2 Å². The Bertz CT molecular complexity index is 1230. The third-order valence-electron chi connectivity index (χ3n) is 4.83. The predicted octanol–water partition coefficient (Wildman–Crippen LogP) is 2.99. The van der Waals surface area contributed by atoms with Crippen molar-refractivity contribution >= 4 is 29.2 Å². The number of aromatic nitrogens is 2. The number of nitriles is 1. The van der Waals surface area contributed by atoms with Crippen molar-refractivity contribution in [1.29, 1.82) is 10.7 Å². The van der Waals surface area contributed by atoms with Crippen LogP contribution in [0.2, 0.25) is 0 Å². The molecule has 9 heteroatoms. The summed E-state index contributed by atoms with van der Waals surface area (Å²) < 4.78 is 1.39. The van der Waals surface area contributed by atoms with Crippen molar-refractivity contribution < 1.29 is 9.59 Å². The Kier molecular flexibility index (Phi) is 6.35. The maximum atomic E-state index is 12.8. The van der Waals surface area contributed by atoms with E-state index < -0.39 is 11.8 Å². The van der Waals surface area contributed by atoms with Crippen LogP contribution in [0.4, 0.5) is 11.5 Å². The quantitative estimate of drug-likeness (QED) is 0.424. The summed E-state index contributed by atoms with van der Waals surface area (Å²) >= 11 is 0. The summed E-state index contributed by atoms with van der Waals surface area (Å²) in [4.78, 5) is 27.3. The summed E-state index contributed by atoms with van der Waals surface area (Å²) in [6.45, 7) is 1.86. The largest absolute Gasteiger partial charge is 0.363 e. The predicted molar refractivity (Wildman–Crippen MR) is 122 cm³/mol. The second-order valence-electron chi connectivity index (χ2n) is 7.42. The number of carbonyl (C=O) groups is 2. The summed E-state index contributed by atoms with van der Waals surface area (Å²) in [5, 5.41) is 26.8. The van der Waals surface area contributed by atoms with Crippen molar-refractivity contribution in [2.45, 2.75) is 6.92 Å². The molecular formula is C23H23N7O2. The lowest BCUT2D eigenvalue weighted by atomic mass is 10.1. The fourth-order valence-electron chi connectivity index (χ4n) is 3.02. The first kappa shape index (κ1) is 22.2. The highest BCUT2D eigenvalue weighted by molar-refractivity contribution is 6.12. The van der Waals surface area contributed by atoms with Crippen molar-refractivity contribution in [1.82, 2.24) is 14.7 Å². The number of anilines is 2. The molecule has 2 amide bonds. The van der Waals surface area contributed by atoms with E-state index >= 15 is 0 Å². The number of nitrogens with zero attached hydrogens (tertiary/aromatic N) is 4. The maximum Gasteiger partial charge on any atom is 0.261 e. The summed E-state index contributed by atoms with van der Waals surface area (Å²) in [6, 6.07) is 13.8. The molecule has 3 aromatic rings. The molecule has 1 aromatic heterocycles. The summed E-state index contributed by atoms with van der Waals surface area (Å²) in [6.07, 6.45) is 1.35. The van der Waals surface area contributed by atoms with Crippen LogP contribution in [0.1, 0.15) is 37.4 Å². The van der Waals surface area contributed by atoms with Gasteiger partial charge in [0.1, 0.15) is 23.3 Å². The molecule has 0 spiro atoms. The zero-order valence-corrected chi connectivity index (χ0v) is 18.2. The standard InChI is InChI=1S/C23H23N7O2/c1-14-5-10-19(17(11-14)12-24)27-23(32)18-13-26-30(4)21(18)28-22(31)16-8-6-15(7-9-16)20(25)29(2)3/h5-11,13,25H,1-4H3,(H,27,32)(H,28,31). The normalized spacial score (nSPS) is 10.2. The molecule has 1 heterocycles. The van der Waals surface area contributed by atoms with E-state index in [0.29, 0.717) is 28.2 Å². The first-order valence-corrected chi connectivity index (χ1v) is 9.73. The molecule has 0 aliphatic rings. The Morgan fingerprint density at radius 3 is 2.34 bits per heavy atom. The van der Waals surface area contributed by atoms with Crippen molar-refractivity contribution in [2.75, 3.05) is 24.7 Å². The van der Waals surface area contributed by atoms with E-state index in [9.17, 15) is 14.9 Å². The third-order valence-corrected chi connectivity index (χ3v) is 4.83. The highest BCUT2D eigenvalue weighted by atomic mass is 16.2. The van der Waals surface area contributed by atoms with Crippen LogP contribution in [0.25, 0.3) is 0 Å². The SMILES string of the molecule is Cc1ccc(NC(=O)c2cnn(C)c2NC(=O)c2ccc(C(=N)N(C)C)cc2)c(C#N)c1. The first-order valence-electron chi connectivity index (χ1n) is 9.73. The Balaban J connectivity index is 1.80. The number of carbonyl (C=O) groups excluding carboxylic acids is 2. The third kappa shape index (κ3) is 4.65. The average molecular weight is 429 g/mol. The van der Waals surface area contributed by atoms with Crippen molar-refractivity contribution in [3.63, 3.8) is 0 Å². The van der Waals surface area contributed by atoms with E-state index in [-0.39, 0.29) is 11.4 Å². The van der Waals surface area contributed by atoms with Crippen LogP contribution in [0.5, 0.6) is 0 Å². The van der Waals surface area contributed by atoms with Crippen LogP contribution in [-0.2, 0) is 7.05 Å². The fraction of sp³-hybridized carbons (Fsp3) is 0.174. The molecule has 0 aliphatic carbocycles. The lowest BCUT2D eigenvalue weighted by Gasteiger charge is -2.14. The van der Waals surface area contributed by atoms with Gasteiger partial charge in [0.15, 0.2) is 0 Å². The minimum atomic E-state index is -0.497. The molecule has 0 aliphatic heterocycles. The molecule has 162 valence electrons. The Morgan fingerprint density at radius 1 is 1.06 bits per heavy atom. The first-order chi connectivity index (χ1) is 15.2. The average Bonchev–Trinajstić information content (AvgIpc) is 3.14. The van der Waals surface area contributed by atoms with Gasteiger partial charge in [-0.2, -0.15) is 10.4 Å². The molecule has 2 aromatic carbocycles. The van der Waals surface area contributed by atoms with E-state index in [4.69, 9.17) is 5.41 Å². The highest BCUT2D eigenvalue weighted by Gasteiger charge is 2.20. The summed E-state index contributed by atoms with van der Waals surface area (Å²) in [5.74, 6) is -0.360. The molecule has 0 saturated heterocycles. The maximum absolute atomic E-state index is 12.8. The van der Waals surface area contributed by atoms with E-state index in [1.54, 1.807) is 68.5 Å². The minimum absolute atomic E-state index is 0.163. The lowest BCUT2D eigenvalue weighted by molar-refractivity contribution is 0.102. The van der Waals surface area contributed by atoms with E-state index in [1.807, 2.05) is 6.92 Å². The van der Waals surface area contributed by atoms with Crippen LogP contribution in [-0.4, -0.2) is 46.4 Å². The molecule has 3 N–H and O–H groups in total. The van der Waals surface area contributed by atoms with Gasteiger partial charge in [-0.05, 0) is 36.8 Å².